The average molecular weight is 378 g/mol. The number of hydrogen-bond acceptors (Lipinski definition) is 6. The van der Waals surface area contributed by atoms with Gasteiger partial charge in [0.2, 0.25) is 12.3 Å². The summed E-state index contributed by atoms with van der Waals surface area (Å²) in [4.78, 5) is 32.8. The monoisotopic (exact) mass is 378 g/mol. The van der Waals surface area contributed by atoms with Crippen LogP contribution in [0, 0.1) is 10.1 Å². The van der Waals surface area contributed by atoms with Gasteiger partial charge in [-0.15, -0.1) is 11.8 Å². The van der Waals surface area contributed by atoms with Gasteiger partial charge in [-0.05, 0) is 11.6 Å². The van der Waals surface area contributed by atoms with Crippen LogP contribution in [-0.2, 0) is 15.3 Å². The Balaban J connectivity index is 2.56. The van der Waals surface area contributed by atoms with Gasteiger partial charge in [0.15, 0.2) is 5.75 Å². The quantitative estimate of drug-likeness (QED) is 0.472. The Hall–Kier alpha value is -2.43. The number of halogens is 2. The Morgan fingerprint density at radius 2 is 2.12 bits per heavy atom. The number of carboxylic acid groups (broad SMARTS) is 1. The zero-order valence-electron chi connectivity index (χ0n) is 13.1. The van der Waals surface area contributed by atoms with E-state index >= 15 is 0 Å². The fourth-order valence-electron chi connectivity index (χ4n) is 1.87. The van der Waals surface area contributed by atoms with Crippen molar-refractivity contribution in [2.75, 3.05) is 12.9 Å². The number of nitro groups is 1. The Morgan fingerprint density at radius 3 is 2.64 bits per heavy atom. The molecule has 0 radical (unpaired) electrons. The lowest BCUT2D eigenvalue weighted by molar-refractivity contribution is -0.385. The zero-order valence-corrected chi connectivity index (χ0v) is 13.9. The molecule has 0 spiro atoms. The maximum absolute atomic E-state index is 12.2. The topological polar surface area (TPSA) is 119 Å². The van der Waals surface area contributed by atoms with Crippen LogP contribution in [-0.4, -0.2) is 47.2 Å². The van der Waals surface area contributed by atoms with Crippen LogP contribution in [0.1, 0.15) is 12.0 Å². The fraction of sp³-hybridized carbons (Fsp3) is 0.429. The van der Waals surface area contributed by atoms with E-state index in [0.717, 1.165) is 11.8 Å². The smallest absolute Gasteiger partial charge is 0.326 e. The van der Waals surface area contributed by atoms with Gasteiger partial charge in [-0.2, -0.15) is 0 Å². The lowest BCUT2D eigenvalue weighted by atomic mass is 10.2. The molecule has 0 heterocycles. The molecule has 138 valence electrons. The predicted octanol–water partition coefficient (Wildman–Crippen LogP) is 2.06. The van der Waals surface area contributed by atoms with Crippen LogP contribution >= 0.6 is 11.8 Å². The van der Waals surface area contributed by atoms with Crippen LogP contribution < -0.4 is 10.1 Å². The molecule has 8 nitrogen and oxygen atoms in total. The highest BCUT2D eigenvalue weighted by Crippen LogP contribution is 2.28. The van der Waals surface area contributed by atoms with Crippen LogP contribution in [0.5, 0.6) is 5.75 Å². The molecule has 11 heteroatoms. The van der Waals surface area contributed by atoms with E-state index in [1.165, 1.54) is 19.2 Å². The van der Waals surface area contributed by atoms with Crippen molar-refractivity contribution in [2.24, 2.45) is 0 Å². The number of aliphatic carboxylic acids is 1. The van der Waals surface area contributed by atoms with Gasteiger partial charge in [-0.25, -0.2) is 13.6 Å². The molecule has 1 aromatic rings. The molecule has 0 aliphatic heterocycles. The molecule has 1 rings (SSSR count). The molecular formula is C14H16F2N2O6S. The second-order valence-electron chi connectivity index (χ2n) is 4.84. The molecule has 1 atom stereocenters. The lowest BCUT2D eigenvalue weighted by Crippen LogP contribution is -2.42. The summed E-state index contributed by atoms with van der Waals surface area (Å²) < 4.78 is 29.4. The number of thioether (sulfide) groups is 1. The van der Waals surface area contributed by atoms with Gasteiger partial charge in [-0.3, -0.25) is 14.9 Å². The molecular weight excluding hydrogens is 362 g/mol. The first-order chi connectivity index (χ1) is 11.7. The van der Waals surface area contributed by atoms with E-state index in [1.54, 1.807) is 6.07 Å². The van der Waals surface area contributed by atoms with E-state index in [2.05, 4.69) is 0 Å². The number of rotatable bonds is 10. The van der Waals surface area contributed by atoms with E-state index in [1.807, 2.05) is 5.32 Å². The molecule has 0 saturated carbocycles. The van der Waals surface area contributed by atoms with Gasteiger partial charge in [0.1, 0.15) is 6.04 Å². The third-order valence-electron chi connectivity index (χ3n) is 2.99. The molecule has 0 aliphatic carbocycles. The highest BCUT2D eigenvalue weighted by Gasteiger charge is 2.24. The number of nitro benzene ring substituents is 1. The molecule has 0 aromatic heterocycles. The van der Waals surface area contributed by atoms with Crippen molar-refractivity contribution < 1.29 is 33.1 Å². The molecule has 0 aliphatic rings. The highest BCUT2D eigenvalue weighted by atomic mass is 32.2. The number of amides is 1. The lowest BCUT2D eigenvalue weighted by Gasteiger charge is -2.13. The Labute approximate surface area is 145 Å². The summed E-state index contributed by atoms with van der Waals surface area (Å²) in [5, 5.41) is 21.7. The Bertz CT molecular complexity index is 644. The number of nitrogens with zero attached hydrogens (tertiary/aromatic N) is 1. The SMILES string of the molecule is COc1ccc(CSCC(=O)NC(CC(F)F)C(=O)O)cc1[N+](=O)[O-]. The van der Waals surface area contributed by atoms with E-state index < -0.39 is 35.7 Å². The largest absolute Gasteiger partial charge is 0.490 e. The van der Waals surface area contributed by atoms with E-state index in [0.29, 0.717) is 5.56 Å². The first-order valence-electron chi connectivity index (χ1n) is 6.94. The molecule has 0 fully saturated rings. The number of hydrogen-bond donors (Lipinski definition) is 2. The van der Waals surface area contributed by atoms with Crippen LogP contribution in [0.15, 0.2) is 18.2 Å². The third kappa shape index (κ3) is 6.91. The predicted molar refractivity (Wildman–Crippen MR) is 86.0 cm³/mol. The number of carbonyl (C=O) groups is 2. The summed E-state index contributed by atoms with van der Waals surface area (Å²) in [6.45, 7) is 0. The van der Waals surface area contributed by atoms with E-state index in [4.69, 9.17) is 9.84 Å². The number of carboxylic acids is 1. The summed E-state index contributed by atoms with van der Waals surface area (Å²) in [6.07, 6.45) is -3.83. The van der Waals surface area contributed by atoms with Crippen molar-refractivity contribution in [3.05, 3.63) is 33.9 Å². The van der Waals surface area contributed by atoms with Crippen LogP contribution in [0.25, 0.3) is 0 Å². The van der Waals surface area contributed by atoms with Crippen molar-refractivity contribution in [3.8, 4) is 5.75 Å². The van der Waals surface area contributed by atoms with Crippen LogP contribution in [0.4, 0.5) is 14.5 Å². The van der Waals surface area contributed by atoms with Crippen molar-refractivity contribution in [2.45, 2.75) is 24.6 Å². The van der Waals surface area contributed by atoms with Gasteiger partial charge >= 0.3 is 11.7 Å². The number of ether oxygens (including phenoxy) is 1. The van der Waals surface area contributed by atoms with Crippen molar-refractivity contribution in [3.63, 3.8) is 0 Å². The molecule has 0 bridgehead atoms. The van der Waals surface area contributed by atoms with Gasteiger partial charge in [-0.1, -0.05) is 6.07 Å². The van der Waals surface area contributed by atoms with Crippen LogP contribution in [0.3, 0.4) is 0 Å². The molecule has 25 heavy (non-hydrogen) atoms. The summed E-state index contributed by atoms with van der Waals surface area (Å²) >= 11 is 1.07. The minimum atomic E-state index is -2.85. The average Bonchev–Trinajstić information content (AvgIpc) is 2.53. The molecule has 2 N–H and O–H groups in total. The number of carbonyl (C=O) groups excluding carboxylic acids is 1. The van der Waals surface area contributed by atoms with E-state index in [-0.39, 0.29) is 22.9 Å². The first-order valence-corrected chi connectivity index (χ1v) is 8.09. The van der Waals surface area contributed by atoms with Gasteiger partial charge in [0.05, 0.1) is 17.8 Å². The molecule has 1 aromatic carbocycles. The normalized spacial score (nSPS) is 11.8. The number of benzene rings is 1. The summed E-state index contributed by atoms with van der Waals surface area (Å²) in [7, 11) is 1.30. The van der Waals surface area contributed by atoms with Crippen molar-refractivity contribution in [1.82, 2.24) is 5.32 Å². The summed E-state index contributed by atoms with van der Waals surface area (Å²) in [5.74, 6) is -2.07. The first kappa shape index (κ1) is 20.6. The third-order valence-corrected chi connectivity index (χ3v) is 3.99. The second kappa shape index (κ2) is 9.77. The number of nitrogens with one attached hydrogen (secondary N) is 1. The second-order valence-corrected chi connectivity index (χ2v) is 5.83. The molecule has 0 saturated heterocycles. The van der Waals surface area contributed by atoms with Crippen molar-refractivity contribution in [1.29, 1.82) is 0 Å². The Morgan fingerprint density at radius 1 is 1.44 bits per heavy atom. The fourth-order valence-corrected chi connectivity index (χ4v) is 2.65. The summed E-state index contributed by atoms with van der Waals surface area (Å²) in [6, 6.07) is 2.67. The van der Waals surface area contributed by atoms with Gasteiger partial charge < -0.3 is 15.2 Å². The zero-order chi connectivity index (χ0) is 19.0. The summed E-state index contributed by atoms with van der Waals surface area (Å²) in [5.41, 5.74) is 0.348. The van der Waals surface area contributed by atoms with E-state index in [9.17, 15) is 28.5 Å². The van der Waals surface area contributed by atoms with Gasteiger partial charge in [0.25, 0.3) is 0 Å². The highest BCUT2D eigenvalue weighted by molar-refractivity contribution is 7.99. The standard InChI is InChI=1S/C14H16F2N2O6S/c1-24-11-3-2-8(4-10(11)18(22)23)6-25-7-13(19)17-9(14(20)21)5-12(15)16/h2-4,9,12H,5-7H2,1H3,(H,17,19)(H,20,21). The van der Waals surface area contributed by atoms with Gasteiger partial charge in [0, 0.05) is 18.2 Å². The maximum atomic E-state index is 12.2. The maximum Gasteiger partial charge on any atom is 0.326 e. The molecule has 1 unspecified atom stereocenters. The minimum absolute atomic E-state index is 0.104. The van der Waals surface area contributed by atoms with Crippen LogP contribution in [0.2, 0.25) is 0 Å². The van der Waals surface area contributed by atoms with Crippen molar-refractivity contribution >= 4 is 29.3 Å². The Kier molecular flexibility index (Phi) is 8.05. The minimum Gasteiger partial charge on any atom is -0.490 e. The number of methoxy groups -OCH3 is 1. The number of alkyl halides is 2. The molecule has 1 amide bonds.